The maximum atomic E-state index is 13.0. The fourth-order valence-corrected chi connectivity index (χ4v) is 0.976. The third-order valence-electron chi connectivity index (χ3n) is 1.64. The number of carbonyl (C=O) groups excluding carboxylic acids is 1. The van der Waals surface area contributed by atoms with E-state index in [9.17, 15) is 9.18 Å². The Morgan fingerprint density at radius 3 is 2.77 bits per heavy atom. The second-order valence-corrected chi connectivity index (χ2v) is 2.65. The largest absolute Gasteiger partial charge is 0.289 e. The zero-order valence-electron chi connectivity index (χ0n) is 7.46. The molecule has 0 spiro atoms. The molecule has 68 valence electrons. The van der Waals surface area contributed by atoms with E-state index in [1.54, 1.807) is 18.2 Å². The Kier molecular flexibility index (Phi) is 3.38. The Balaban J connectivity index is 2.89. The van der Waals surface area contributed by atoms with E-state index in [-0.39, 0.29) is 11.3 Å². The minimum Gasteiger partial charge on any atom is -0.289 e. The minimum absolute atomic E-state index is 0.132. The SMILES string of the molecule is CC/C=C/C(=O)c1ccccc1F. The van der Waals surface area contributed by atoms with Gasteiger partial charge in [0.05, 0.1) is 5.56 Å². The highest BCUT2D eigenvalue weighted by atomic mass is 19.1. The number of ketones is 1. The molecule has 1 rings (SSSR count). The first-order valence-corrected chi connectivity index (χ1v) is 4.21. The molecule has 0 atom stereocenters. The van der Waals surface area contributed by atoms with E-state index in [1.165, 1.54) is 18.2 Å². The van der Waals surface area contributed by atoms with Crippen LogP contribution in [0.3, 0.4) is 0 Å². The van der Waals surface area contributed by atoms with Crippen LogP contribution in [0.15, 0.2) is 36.4 Å². The lowest BCUT2D eigenvalue weighted by molar-refractivity contribution is 0.104. The third-order valence-corrected chi connectivity index (χ3v) is 1.64. The summed E-state index contributed by atoms with van der Waals surface area (Å²) in [7, 11) is 0. The fourth-order valence-electron chi connectivity index (χ4n) is 0.976. The lowest BCUT2D eigenvalue weighted by Crippen LogP contribution is -1.97. The van der Waals surface area contributed by atoms with Crippen molar-refractivity contribution in [1.82, 2.24) is 0 Å². The molecule has 0 radical (unpaired) electrons. The van der Waals surface area contributed by atoms with Crippen LogP contribution in [0, 0.1) is 5.82 Å². The number of allylic oxidation sites excluding steroid dienone is 2. The van der Waals surface area contributed by atoms with Crippen molar-refractivity contribution in [3.05, 3.63) is 47.8 Å². The first-order valence-electron chi connectivity index (χ1n) is 4.21. The van der Waals surface area contributed by atoms with E-state index in [0.717, 1.165) is 6.42 Å². The number of benzene rings is 1. The van der Waals surface area contributed by atoms with Gasteiger partial charge >= 0.3 is 0 Å². The molecule has 0 unspecified atom stereocenters. The Hall–Kier alpha value is -1.44. The van der Waals surface area contributed by atoms with Crippen LogP contribution in [0.4, 0.5) is 4.39 Å². The molecule has 0 saturated carbocycles. The molecular weight excluding hydrogens is 167 g/mol. The number of halogens is 1. The summed E-state index contributed by atoms with van der Waals surface area (Å²) >= 11 is 0. The summed E-state index contributed by atoms with van der Waals surface area (Å²) < 4.78 is 13.0. The van der Waals surface area contributed by atoms with E-state index in [2.05, 4.69) is 0 Å². The second-order valence-electron chi connectivity index (χ2n) is 2.65. The van der Waals surface area contributed by atoms with Crippen LogP contribution in [0.25, 0.3) is 0 Å². The van der Waals surface area contributed by atoms with Gasteiger partial charge in [-0.3, -0.25) is 4.79 Å². The monoisotopic (exact) mass is 178 g/mol. The quantitative estimate of drug-likeness (QED) is 0.513. The molecule has 1 aromatic carbocycles. The summed E-state index contributed by atoms with van der Waals surface area (Å²) in [6.07, 6.45) is 3.90. The van der Waals surface area contributed by atoms with Crippen LogP contribution in [-0.4, -0.2) is 5.78 Å². The van der Waals surface area contributed by atoms with Crippen LogP contribution in [0.2, 0.25) is 0 Å². The van der Waals surface area contributed by atoms with Crippen molar-refractivity contribution in [2.45, 2.75) is 13.3 Å². The standard InChI is InChI=1S/C11H11FO/c1-2-3-8-11(13)9-6-4-5-7-10(9)12/h3-8H,2H2,1H3/b8-3+. The maximum absolute atomic E-state index is 13.0. The predicted octanol–water partition coefficient (Wildman–Crippen LogP) is 2.97. The Bertz CT molecular complexity index is 329. The van der Waals surface area contributed by atoms with Gasteiger partial charge in [-0.25, -0.2) is 4.39 Å². The van der Waals surface area contributed by atoms with Crippen LogP contribution < -0.4 is 0 Å². The molecule has 1 nitrogen and oxygen atoms in total. The smallest absolute Gasteiger partial charge is 0.188 e. The van der Waals surface area contributed by atoms with Crippen molar-refractivity contribution < 1.29 is 9.18 Å². The van der Waals surface area contributed by atoms with Crippen molar-refractivity contribution in [1.29, 1.82) is 0 Å². The van der Waals surface area contributed by atoms with Crippen molar-refractivity contribution in [2.75, 3.05) is 0 Å². The van der Waals surface area contributed by atoms with Gasteiger partial charge in [0, 0.05) is 0 Å². The highest BCUT2D eigenvalue weighted by Crippen LogP contribution is 2.07. The van der Waals surface area contributed by atoms with Gasteiger partial charge in [0.15, 0.2) is 5.78 Å². The van der Waals surface area contributed by atoms with E-state index >= 15 is 0 Å². The molecule has 0 amide bonds. The Morgan fingerprint density at radius 2 is 2.15 bits per heavy atom. The van der Waals surface area contributed by atoms with Crippen molar-refractivity contribution in [2.24, 2.45) is 0 Å². The van der Waals surface area contributed by atoms with Gasteiger partial charge in [0.1, 0.15) is 5.82 Å². The number of hydrogen-bond donors (Lipinski definition) is 0. The Labute approximate surface area is 76.9 Å². The molecule has 0 N–H and O–H groups in total. The summed E-state index contributed by atoms with van der Waals surface area (Å²) in [5.41, 5.74) is 0.132. The lowest BCUT2D eigenvalue weighted by Gasteiger charge is -1.96. The highest BCUT2D eigenvalue weighted by molar-refractivity contribution is 6.04. The first-order chi connectivity index (χ1) is 6.25. The van der Waals surface area contributed by atoms with Gasteiger partial charge in [-0.15, -0.1) is 0 Å². The zero-order valence-corrected chi connectivity index (χ0v) is 7.46. The average molecular weight is 178 g/mol. The number of rotatable bonds is 3. The molecule has 0 bridgehead atoms. The topological polar surface area (TPSA) is 17.1 Å². The van der Waals surface area contributed by atoms with Crippen molar-refractivity contribution in [3.63, 3.8) is 0 Å². The average Bonchev–Trinajstić information content (AvgIpc) is 2.15. The molecule has 0 aliphatic heterocycles. The van der Waals surface area contributed by atoms with E-state index in [0.29, 0.717) is 0 Å². The molecule has 0 aromatic heterocycles. The third kappa shape index (κ3) is 2.51. The molecule has 2 heteroatoms. The zero-order chi connectivity index (χ0) is 9.68. The maximum Gasteiger partial charge on any atom is 0.188 e. The molecule has 0 heterocycles. The summed E-state index contributed by atoms with van der Waals surface area (Å²) in [6.45, 7) is 1.92. The molecule has 0 aliphatic carbocycles. The Morgan fingerprint density at radius 1 is 1.46 bits per heavy atom. The molecule has 0 aliphatic rings. The van der Waals surface area contributed by atoms with Crippen molar-refractivity contribution >= 4 is 5.78 Å². The molecule has 0 fully saturated rings. The van der Waals surface area contributed by atoms with Gasteiger partial charge in [-0.1, -0.05) is 25.1 Å². The van der Waals surface area contributed by atoms with Crippen molar-refractivity contribution in [3.8, 4) is 0 Å². The van der Waals surface area contributed by atoms with Gasteiger partial charge in [-0.2, -0.15) is 0 Å². The molecule has 1 aromatic rings. The highest BCUT2D eigenvalue weighted by Gasteiger charge is 2.06. The molecular formula is C11H11FO. The summed E-state index contributed by atoms with van der Waals surface area (Å²) in [6, 6.07) is 5.98. The van der Waals surface area contributed by atoms with E-state index < -0.39 is 5.82 Å². The summed E-state index contributed by atoms with van der Waals surface area (Å²) in [4.78, 5) is 11.3. The molecule has 0 saturated heterocycles. The predicted molar refractivity (Wildman–Crippen MR) is 50.2 cm³/mol. The van der Waals surface area contributed by atoms with Crippen LogP contribution >= 0.6 is 0 Å². The summed E-state index contributed by atoms with van der Waals surface area (Å²) in [5.74, 6) is -0.742. The summed E-state index contributed by atoms with van der Waals surface area (Å²) in [5, 5.41) is 0. The normalized spacial score (nSPS) is 10.6. The first kappa shape index (κ1) is 9.65. The lowest BCUT2D eigenvalue weighted by atomic mass is 10.1. The van der Waals surface area contributed by atoms with E-state index in [4.69, 9.17) is 0 Å². The number of hydrogen-bond acceptors (Lipinski definition) is 1. The van der Waals surface area contributed by atoms with Crippen LogP contribution in [0.5, 0.6) is 0 Å². The van der Waals surface area contributed by atoms with Gasteiger partial charge in [0.25, 0.3) is 0 Å². The number of carbonyl (C=O) groups is 1. The molecule has 13 heavy (non-hydrogen) atoms. The van der Waals surface area contributed by atoms with Gasteiger partial charge < -0.3 is 0 Å². The van der Waals surface area contributed by atoms with Gasteiger partial charge in [0.2, 0.25) is 0 Å². The van der Waals surface area contributed by atoms with Crippen LogP contribution in [-0.2, 0) is 0 Å². The minimum atomic E-state index is -0.465. The van der Waals surface area contributed by atoms with Gasteiger partial charge in [-0.05, 0) is 24.6 Å². The fraction of sp³-hybridized carbons (Fsp3) is 0.182. The van der Waals surface area contributed by atoms with Crippen LogP contribution in [0.1, 0.15) is 23.7 Å². The second kappa shape index (κ2) is 4.55. The van der Waals surface area contributed by atoms with E-state index in [1.807, 2.05) is 6.92 Å².